The fourth-order valence-electron chi connectivity index (χ4n) is 2.80. The molecule has 0 amide bonds. The maximum atomic E-state index is 12.3. The topological polar surface area (TPSA) is 26.3 Å². The summed E-state index contributed by atoms with van der Waals surface area (Å²) in [6, 6.07) is 10.1. The summed E-state index contributed by atoms with van der Waals surface area (Å²) in [7, 11) is 1.66. The van der Waals surface area contributed by atoms with Gasteiger partial charge >= 0.3 is 0 Å². The van der Waals surface area contributed by atoms with Crippen LogP contribution in [0.15, 0.2) is 30.3 Å². The minimum absolute atomic E-state index is 0.283. The minimum Gasteiger partial charge on any atom is -0.497 e. The normalized spacial score (nSPS) is 13.8. The van der Waals surface area contributed by atoms with Crippen LogP contribution in [0.2, 0.25) is 0 Å². The summed E-state index contributed by atoms with van der Waals surface area (Å²) in [5, 5.41) is 0. The summed E-state index contributed by atoms with van der Waals surface area (Å²) >= 11 is 1.72. The van der Waals surface area contributed by atoms with E-state index in [-0.39, 0.29) is 5.78 Å². The van der Waals surface area contributed by atoms with Crippen molar-refractivity contribution in [3.05, 3.63) is 51.2 Å². The van der Waals surface area contributed by atoms with Crippen LogP contribution >= 0.6 is 11.3 Å². The first kappa shape index (κ1) is 14.3. The van der Waals surface area contributed by atoms with Crippen molar-refractivity contribution in [1.82, 2.24) is 0 Å². The number of hydrogen-bond donors (Lipinski definition) is 0. The molecule has 1 aliphatic carbocycles. The van der Waals surface area contributed by atoms with Gasteiger partial charge in [0, 0.05) is 11.3 Å². The van der Waals surface area contributed by atoms with Gasteiger partial charge in [-0.1, -0.05) is 12.1 Å². The Kier molecular flexibility index (Phi) is 4.39. The molecule has 0 atom stereocenters. The SMILES string of the molecule is COc1ccc(CCC(=O)c2cc3c(s2)CCCC3)cc1. The number of thiophene rings is 1. The third-order valence-electron chi connectivity index (χ3n) is 4.07. The molecular weight excluding hydrogens is 280 g/mol. The highest BCUT2D eigenvalue weighted by atomic mass is 32.1. The molecule has 0 spiro atoms. The second-order valence-corrected chi connectivity index (χ2v) is 6.67. The van der Waals surface area contributed by atoms with E-state index in [1.807, 2.05) is 24.3 Å². The van der Waals surface area contributed by atoms with Crippen LogP contribution in [0.4, 0.5) is 0 Å². The summed E-state index contributed by atoms with van der Waals surface area (Å²) in [6.07, 6.45) is 6.23. The first-order valence-electron chi connectivity index (χ1n) is 7.54. The van der Waals surface area contributed by atoms with E-state index >= 15 is 0 Å². The van der Waals surface area contributed by atoms with E-state index in [9.17, 15) is 4.79 Å². The molecule has 1 heterocycles. The number of rotatable bonds is 5. The van der Waals surface area contributed by atoms with Gasteiger partial charge in [0.2, 0.25) is 0 Å². The lowest BCUT2D eigenvalue weighted by Gasteiger charge is -2.08. The standard InChI is InChI=1S/C18H20O2S/c1-20-15-9-6-13(7-10-15)8-11-16(19)18-12-14-4-2-3-5-17(14)21-18/h6-7,9-10,12H,2-5,8,11H2,1H3. The second-order valence-electron chi connectivity index (χ2n) is 5.54. The van der Waals surface area contributed by atoms with Gasteiger partial charge in [-0.05, 0) is 61.4 Å². The van der Waals surface area contributed by atoms with Gasteiger partial charge in [0.15, 0.2) is 5.78 Å². The van der Waals surface area contributed by atoms with Gasteiger partial charge in [-0.3, -0.25) is 4.79 Å². The van der Waals surface area contributed by atoms with Crippen LogP contribution < -0.4 is 4.74 Å². The van der Waals surface area contributed by atoms with Crippen LogP contribution in [0.1, 0.15) is 44.9 Å². The first-order valence-corrected chi connectivity index (χ1v) is 8.35. The summed E-state index contributed by atoms with van der Waals surface area (Å²) in [5.74, 6) is 1.14. The van der Waals surface area contributed by atoms with E-state index in [1.54, 1.807) is 18.4 Å². The molecule has 1 aromatic heterocycles. The lowest BCUT2D eigenvalue weighted by atomic mass is 9.98. The van der Waals surface area contributed by atoms with Crippen molar-refractivity contribution in [1.29, 1.82) is 0 Å². The molecule has 0 fully saturated rings. The molecule has 3 heteroatoms. The monoisotopic (exact) mass is 300 g/mol. The largest absolute Gasteiger partial charge is 0.497 e. The fraction of sp³-hybridized carbons (Fsp3) is 0.389. The Morgan fingerprint density at radius 3 is 2.67 bits per heavy atom. The molecule has 21 heavy (non-hydrogen) atoms. The minimum atomic E-state index is 0.283. The molecule has 0 bridgehead atoms. The maximum absolute atomic E-state index is 12.3. The van der Waals surface area contributed by atoms with E-state index in [1.165, 1.54) is 28.8 Å². The number of aryl methyl sites for hydroxylation is 3. The zero-order valence-electron chi connectivity index (χ0n) is 12.4. The summed E-state index contributed by atoms with van der Waals surface area (Å²) in [4.78, 5) is 14.7. The van der Waals surface area contributed by atoms with Gasteiger partial charge in [0.25, 0.3) is 0 Å². The van der Waals surface area contributed by atoms with Gasteiger partial charge in [-0.15, -0.1) is 11.3 Å². The number of Topliss-reactive ketones (excluding diaryl/α,β-unsaturated/α-hetero) is 1. The number of hydrogen-bond acceptors (Lipinski definition) is 3. The summed E-state index contributed by atoms with van der Waals surface area (Å²) in [5.41, 5.74) is 2.60. The molecule has 1 aromatic carbocycles. The molecule has 0 N–H and O–H groups in total. The van der Waals surface area contributed by atoms with Crippen molar-refractivity contribution in [3.63, 3.8) is 0 Å². The summed E-state index contributed by atoms with van der Waals surface area (Å²) < 4.78 is 5.15. The van der Waals surface area contributed by atoms with Crippen molar-refractivity contribution in [2.75, 3.05) is 7.11 Å². The molecule has 0 saturated carbocycles. The predicted octanol–water partition coefficient (Wildman–Crippen LogP) is 4.45. The molecule has 0 radical (unpaired) electrons. The Morgan fingerprint density at radius 1 is 1.19 bits per heavy atom. The lowest BCUT2D eigenvalue weighted by molar-refractivity contribution is 0.0986. The van der Waals surface area contributed by atoms with E-state index in [0.717, 1.165) is 29.9 Å². The molecule has 110 valence electrons. The number of carbonyl (C=O) groups excluding carboxylic acids is 1. The van der Waals surface area contributed by atoms with E-state index < -0.39 is 0 Å². The molecule has 0 unspecified atom stereocenters. The van der Waals surface area contributed by atoms with Crippen molar-refractivity contribution >= 4 is 17.1 Å². The highest BCUT2D eigenvalue weighted by Crippen LogP contribution is 2.30. The summed E-state index contributed by atoms with van der Waals surface area (Å²) in [6.45, 7) is 0. The highest BCUT2D eigenvalue weighted by molar-refractivity contribution is 7.14. The van der Waals surface area contributed by atoms with Crippen molar-refractivity contribution in [2.45, 2.75) is 38.5 Å². The molecule has 0 aliphatic heterocycles. The van der Waals surface area contributed by atoms with E-state index in [4.69, 9.17) is 4.74 Å². The number of carbonyl (C=O) groups is 1. The van der Waals surface area contributed by atoms with Crippen molar-refractivity contribution in [3.8, 4) is 5.75 Å². The zero-order valence-corrected chi connectivity index (χ0v) is 13.2. The number of ether oxygens (including phenoxy) is 1. The van der Waals surface area contributed by atoms with Crippen LogP contribution in [0.5, 0.6) is 5.75 Å². The van der Waals surface area contributed by atoms with Gasteiger partial charge < -0.3 is 4.74 Å². The van der Waals surface area contributed by atoms with Crippen LogP contribution in [-0.2, 0) is 19.3 Å². The van der Waals surface area contributed by atoms with E-state index in [0.29, 0.717) is 6.42 Å². The Balaban J connectivity index is 1.61. The fourth-order valence-corrected chi connectivity index (χ4v) is 4.02. The van der Waals surface area contributed by atoms with Gasteiger partial charge in [-0.25, -0.2) is 0 Å². The lowest BCUT2D eigenvalue weighted by Crippen LogP contribution is -1.99. The Hall–Kier alpha value is -1.61. The highest BCUT2D eigenvalue weighted by Gasteiger charge is 2.17. The van der Waals surface area contributed by atoms with Crippen LogP contribution in [0.3, 0.4) is 0 Å². The van der Waals surface area contributed by atoms with Crippen molar-refractivity contribution < 1.29 is 9.53 Å². The average Bonchev–Trinajstić information content (AvgIpc) is 2.97. The van der Waals surface area contributed by atoms with E-state index in [2.05, 4.69) is 6.07 Å². The van der Waals surface area contributed by atoms with Crippen LogP contribution in [-0.4, -0.2) is 12.9 Å². The second kappa shape index (κ2) is 6.44. The number of benzene rings is 1. The Morgan fingerprint density at radius 2 is 1.95 bits per heavy atom. The number of methoxy groups -OCH3 is 1. The Bertz CT molecular complexity index is 602. The van der Waals surface area contributed by atoms with Crippen LogP contribution in [0.25, 0.3) is 0 Å². The quantitative estimate of drug-likeness (QED) is 0.763. The third-order valence-corrected chi connectivity index (χ3v) is 5.35. The first-order chi connectivity index (χ1) is 10.3. The Labute approximate surface area is 129 Å². The zero-order chi connectivity index (χ0) is 14.7. The van der Waals surface area contributed by atoms with Crippen LogP contribution in [0, 0.1) is 0 Å². The molecule has 1 aliphatic rings. The molecule has 0 saturated heterocycles. The molecule has 2 aromatic rings. The average molecular weight is 300 g/mol. The van der Waals surface area contributed by atoms with Crippen molar-refractivity contribution in [2.24, 2.45) is 0 Å². The van der Waals surface area contributed by atoms with Gasteiger partial charge in [-0.2, -0.15) is 0 Å². The third kappa shape index (κ3) is 3.35. The molecule has 2 nitrogen and oxygen atoms in total. The molecular formula is C18H20O2S. The predicted molar refractivity (Wildman–Crippen MR) is 86.6 cm³/mol. The number of ketones is 1. The molecule has 3 rings (SSSR count). The smallest absolute Gasteiger partial charge is 0.173 e. The van der Waals surface area contributed by atoms with Gasteiger partial charge in [0.1, 0.15) is 5.75 Å². The number of fused-ring (bicyclic) bond motifs is 1. The maximum Gasteiger partial charge on any atom is 0.173 e. The van der Waals surface area contributed by atoms with Gasteiger partial charge in [0.05, 0.1) is 12.0 Å².